The molecule has 3 rings (SSSR count). The first-order valence-corrected chi connectivity index (χ1v) is 8.02. The predicted octanol–water partition coefficient (Wildman–Crippen LogP) is 2.02. The van der Waals surface area contributed by atoms with Gasteiger partial charge in [0.25, 0.3) is 5.56 Å². The van der Waals surface area contributed by atoms with E-state index >= 15 is 0 Å². The SMILES string of the molecule is COc1ccc(/C=C/C(=O)OCn2nnc3ccccc3c2=O)c(OC)c1. The summed E-state index contributed by atoms with van der Waals surface area (Å²) < 4.78 is 16.4. The van der Waals surface area contributed by atoms with Gasteiger partial charge in [0, 0.05) is 17.7 Å². The molecule has 27 heavy (non-hydrogen) atoms. The summed E-state index contributed by atoms with van der Waals surface area (Å²) in [6.07, 6.45) is 2.79. The molecule has 0 unspecified atom stereocenters. The topological polar surface area (TPSA) is 92.5 Å². The molecular weight excluding hydrogens is 350 g/mol. The lowest BCUT2D eigenvalue weighted by atomic mass is 10.2. The molecule has 2 aromatic carbocycles. The molecule has 0 N–H and O–H groups in total. The third-order valence-corrected chi connectivity index (χ3v) is 3.80. The first kappa shape index (κ1) is 18.1. The van der Waals surface area contributed by atoms with Crippen LogP contribution in [0.1, 0.15) is 5.56 Å². The Balaban J connectivity index is 1.69. The van der Waals surface area contributed by atoms with Crippen molar-refractivity contribution in [3.05, 3.63) is 64.5 Å². The van der Waals surface area contributed by atoms with E-state index in [9.17, 15) is 9.59 Å². The monoisotopic (exact) mass is 367 g/mol. The van der Waals surface area contributed by atoms with Crippen LogP contribution in [-0.2, 0) is 16.3 Å². The van der Waals surface area contributed by atoms with Gasteiger partial charge in [-0.3, -0.25) is 4.79 Å². The summed E-state index contributed by atoms with van der Waals surface area (Å²) in [4.78, 5) is 24.2. The second kappa shape index (κ2) is 8.13. The van der Waals surface area contributed by atoms with Crippen LogP contribution in [0.2, 0.25) is 0 Å². The number of nitrogens with zero attached hydrogens (tertiary/aromatic N) is 3. The van der Waals surface area contributed by atoms with E-state index in [-0.39, 0.29) is 12.3 Å². The summed E-state index contributed by atoms with van der Waals surface area (Å²) in [5.41, 5.74) is 0.781. The zero-order valence-electron chi connectivity index (χ0n) is 14.8. The fraction of sp³-hybridized carbons (Fsp3) is 0.158. The van der Waals surface area contributed by atoms with E-state index in [1.807, 2.05) is 0 Å². The van der Waals surface area contributed by atoms with Gasteiger partial charge in [-0.05, 0) is 30.3 Å². The molecule has 0 saturated carbocycles. The lowest BCUT2D eigenvalue weighted by Crippen LogP contribution is -2.26. The van der Waals surface area contributed by atoms with Crippen LogP contribution in [-0.4, -0.2) is 35.2 Å². The summed E-state index contributed by atoms with van der Waals surface area (Å²) >= 11 is 0. The maximum atomic E-state index is 12.3. The standard InChI is InChI=1S/C19H17N3O5/c1-25-14-9-7-13(17(11-14)26-2)8-10-18(23)27-12-22-19(24)15-5-3-4-6-16(15)20-21-22/h3-11H,12H2,1-2H3/b10-8+. The smallest absolute Gasteiger partial charge is 0.332 e. The van der Waals surface area contributed by atoms with Gasteiger partial charge in [-0.25, -0.2) is 4.79 Å². The van der Waals surface area contributed by atoms with Crippen molar-refractivity contribution in [2.24, 2.45) is 0 Å². The lowest BCUT2D eigenvalue weighted by Gasteiger charge is -2.07. The Morgan fingerprint density at radius 1 is 1.15 bits per heavy atom. The molecule has 0 aliphatic heterocycles. The van der Waals surface area contributed by atoms with Gasteiger partial charge >= 0.3 is 5.97 Å². The van der Waals surface area contributed by atoms with Crippen LogP contribution in [0.3, 0.4) is 0 Å². The molecular formula is C19H17N3O5. The Morgan fingerprint density at radius 3 is 2.74 bits per heavy atom. The van der Waals surface area contributed by atoms with Gasteiger partial charge in [-0.1, -0.05) is 17.3 Å². The van der Waals surface area contributed by atoms with Crippen LogP contribution >= 0.6 is 0 Å². The van der Waals surface area contributed by atoms with Crippen LogP contribution in [0.15, 0.2) is 53.3 Å². The number of hydrogen-bond donors (Lipinski definition) is 0. The highest BCUT2D eigenvalue weighted by molar-refractivity contribution is 5.87. The highest BCUT2D eigenvalue weighted by atomic mass is 16.5. The minimum atomic E-state index is -0.630. The molecule has 0 aliphatic rings. The Bertz CT molecular complexity index is 1060. The Labute approximate surface area is 154 Å². The van der Waals surface area contributed by atoms with Gasteiger partial charge in [0.15, 0.2) is 6.73 Å². The van der Waals surface area contributed by atoms with Gasteiger partial charge in [-0.15, -0.1) is 5.10 Å². The fourth-order valence-electron chi connectivity index (χ4n) is 2.39. The minimum absolute atomic E-state index is 0.334. The molecule has 8 nitrogen and oxygen atoms in total. The number of esters is 1. The molecule has 0 aliphatic carbocycles. The van der Waals surface area contributed by atoms with E-state index in [2.05, 4.69) is 10.3 Å². The molecule has 3 aromatic rings. The normalized spacial score (nSPS) is 10.9. The van der Waals surface area contributed by atoms with Crippen molar-refractivity contribution < 1.29 is 19.0 Å². The van der Waals surface area contributed by atoms with E-state index in [4.69, 9.17) is 14.2 Å². The third kappa shape index (κ3) is 4.12. The Hall–Kier alpha value is -3.68. The van der Waals surface area contributed by atoms with Gasteiger partial charge in [-0.2, -0.15) is 4.68 Å². The van der Waals surface area contributed by atoms with E-state index in [1.54, 1.807) is 55.7 Å². The summed E-state index contributed by atoms with van der Waals surface area (Å²) in [5.74, 6) is 0.561. The molecule has 0 amide bonds. The average Bonchev–Trinajstić information content (AvgIpc) is 2.71. The fourth-order valence-corrected chi connectivity index (χ4v) is 2.39. The van der Waals surface area contributed by atoms with E-state index in [1.165, 1.54) is 13.2 Å². The zero-order valence-corrected chi connectivity index (χ0v) is 14.8. The third-order valence-electron chi connectivity index (χ3n) is 3.80. The summed E-state index contributed by atoms with van der Waals surface area (Å²) in [7, 11) is 3.08. The zero-order chi connectivity index (χ0) is 19.2. The second-order valence-corrected chi connectivity index (χ2v) is 5.44. The number of rotatable bonds is 6. The Morgan fingerprint density at radius 2 is 1.96 bits per heavy atom. The molecule has 1 heterocycles. The molecule has 0 atom stereocenters. The average molecular weight is 367 g/mol. The number of ether oxygens (including phenoxy) is 3. The number of carbonyl (C=O) groups excluding carboxylic acids is 1. The van der Waals surface area contributed by atoms with Crippen molar-refractivity contribution in [3.8, 4) is 11.5 Å². The number of carbonyl (C=O) groups is 1. The number of fused-ring (bicyclic) bond motifs is 1. The van der Waals surface area contributed by atoms with Crippen LogP contribution in [0, 0.1) is 0 Å². The molecule has 0 spiro atoms. The summed E-state index contributed by atoms with van der Waals surface area (Å²) in [6, 6.07) is 12.0. The van der Waals surface area contributed by atoms with Gasteiger partial charge in [0.2, 0.25) is 0 Å². The van der Waals surface area contributed by atoms with Crippen molar-refractivity contribution in [2.75, 3.05) is 14.2 Å². The van der Waals surface area contributed by atoms with Crippen LogP contribution in [0.5, 0.6) is 11.5 Å². The first-order chi connectivity index (χ1) is 13.1. The van der Waals surface area contributed by atoms with Crippen molar-refractivity contribution >= 4 is 22.9 Å². The second-order valence-electron chi connectivity index (χ2n) is 5.44. The molecule has 0 saturated heterocycles. The van der Waals surface area contributed by atoms with Gasteiger partial charge in [0.1, 0.15) is 17.0 Å². The summed E-state index contributed by atoms with van der Waals surface area (Å²) in [6.45, 7) is -0.334. The number of methoxy groups -OCH3 is 2. The van der Waals surface area contributed by atoms with Crippen molar-refractivity contribution in [3.63, 3.8) is 0 Å². The molecule has 1 aromatic heterocycles. The maximum Gasteiger partial charge on any atom is 0.332 e. The Kier molecular flexibility index (Phi) is 5.46. The highest BCUT2D eigenvalue weighted by Crippen LogP contribution is 2.25. The number of hydrogen-bond acceptors (Lipinski definition) is 7. The molecule has 0 fully saturated rings. The van der Waals surface area contributed by atoms with Gasteiger partial charge in [0.05, 0.1) is 19.6 Å². The van der Waals surface area contributed by atoms with Gasteiger partial charge < -0.3 is 14.2 Å². The van der Waals surface area contributed by atoms with Crippen molar-refractivity contribution in [2.45, 2.75) is 6.73 Å². The minimum Gasteiger partial charge on any atom is -0.497 e. The first-order valence-electron chi connectivity index (χ1n) is 8.02. The van der Waals surface area contributed by atoms with Crippen LogP contribution in [0.4, 0.5) is 0 Å². The van der Waals surface area contributed by atoms with E-state index < -0.39 is 5.97 Å². The summed E-state index contributed by atoms with van der Waals surface area (Å²) in [5, 5.41) is 8.09. The van der Waals surface area contributed by atoms with E-state index in [0.717, 1.165) is 4.68 Å². The van der Waals surface area contributed by atoms with Crippen molar-refractivity contribution in [1.82, 2.24) is 15.0 Å². The van der Waals surface area contributed by atoms with Crippen LogP contribution in [0.25, 0.3) is 17.0 Å². The largest absolute Gasteiger partial charge is 0.497 e. The molecule has 8 heteroatoms. The molecule has 0 bridgehead atoms. The van der Waals surface area contributed by atoms with E-state index in [0.29, 0.717) is 28.0 Å². The highest BCUT2D eigenvalue weighted by Gasteiger charge is 2.07. The van der Waals surface area contributed by atoms with Crippen LogP contribution < -0.4 is 15.0 Å². The number of benzene rings is 2. The predicted molar refractivity (Wildman–Crippen MR) is 98.5 cm³/mol. The lowest BCUT2D eigenvalue weighted by molar-refractivity contribution is -0.141. The molecule has 138 valence electrons. The quantitative estimate of drug-likeness (QED) is 0.486. The van der Waals surface area contributed by atoms with Crippen molar-refractivity contribution in [1.29, 1.82) is 0 Å². The molecule has 0 radical (unpaired) electrons. The maximum absolute atomic E-state index is 12.3. The number of aromatic nitrogens is 3.